The van der Waals surface area contributed by atoms with Gasteiger partial charge in [0.1, 0.15) is 0 Å². The molecule has 0 saturated heterocycles. The van der Waals surface area contributed by atoms with Crippen molar-refractivity contribution in [3.05, 3.63) is 35.4 Å². The van der Waals surface area contributed by atoms with E-state index in [1.165, 1.54) is 49.8 Å². The first-order chi connectivity index (χ1) is 9.35. The second-order valence-electron chi connectivity index (χ2n) is 6.17. The molecule has 0 heterocycles. The largest absolute Gasteiger partial charge is 0.310 e. The lowest BCUT2D eigenvalue weighted by atomic mass is 10.1. The molecule has 0 spiro atoms. The molecule has 0 amide bonds. The first-order valence-corrected chi connectivity index (χ1v) is 7.90. The van der Waals surface area contributed by atoms with E-state index in [4.69, 9.17) is 0 Å². The normalized spacial score (nSPS) is 19.1. The number of nitrogens with one attached hydrogen (secondary N) is 1. The van der Waals surface area contributed by atoms with Crippen molar-refractivity contribution in [2.24, 2.45) is 0 Å². The molecular formula is C17H26N2. The fraction of sp³-hybridized carbons (Fsp3) is 0.647. The number of hydrogen-bond acceptors (Lipinski definition) is 2. The maximum atomic E-state index is 3.57. The smallest absolute Gasteiger partial charge is 0.0236 e. The molecule has 0 aromatic heterocycles. The van der Waals surface area contributed by atoms with Crippen LogP contribution in [-0.2, 0) is 13.1 Å². The van der Waals surface area contributed by atoms with Crippen molar-refractivity contribution in [1.82, 2.24) is 10.2 Å². The molecule has 2 saturated carbocycles. The summed E-state index contributed by atoms with van der Waals surface area (Å²) in [6.45, 7) is 5.69. The average Bonchev–Trinajstić information content (AvgIpc) is 3.30. The van der Waals surface area contributed by atoms with Gasteiger partial charge in [0, 0.05) is 25.2 Å². The van der Waals surface area contributed by atoms with Crippen molar-refractivity contribution in [3.63, 3.8) is 0 Å². The molecule has 0 bridgehead atoms. The molecule has 3 rings (SSSR count). The zero-order valence-electron chi connectivity index (χ0n) is 12.1. The zero-order valence-corrected chi connectivity index (χ0v) is 12.1. The maximum Gasteiger partial charge on any atom is 0.0236 e. The zero-order chi connectivity index (χ0) is 13.1. The first kappa shape index (κ1) is 13.1. The van der Waals surface area contributed by atoms with E-state index in [1.54, 1.807) is 0 Å². The van der Waals surface area contributed by atoms with Crippen LogP contribution in [0.3, 0.4) is 0 Å². The molecule has 2 aliphatic rings. The summed E-state index contributed by atoms with van der Waals surface area (Å²) < 4.78 is 0. The predicted molar refractivity (Wildman–Crippen MR) is 80.0 cm³/mol. The van der Waals surface area contributed by atoms with Crippen LogP contribution in [-0.4, -0.2) is 23.5 Å². The molecule has 0 aliphatic heterocycles. The summed E-state index contributed by atoms with van der Waals surface area (Å²) in [5, 5.41) is 3.57. The molecule has 2 aliphatic carbocycles. The molecule has 1 aromatic rings. The molecule has 2 fully saturated rings. The van der Waals surface area contributed by atoms with E-state index in [2.05, 4.69) is 41.4 Å². The SMILES string of the molecule is CCCN(Cc1ccc(CNC2CC2)cc1)C1CC1. The average molecular weight is 258 g/mol. The Morgan fingerprint density at radius 2 is 1.74 bits per heavy atom. The van der Waals surface area contributed by atoms with Crippen LogP contribution in [0.15, 0.2) is 24.3 Å². The summed E-state index contributed by atoms with van der Waals surface area (Å²) in [6, 6.07) is 10.9. The van der Waals surface area contributed by atoms with Crippen molar-refractivity contribution in [2.75, 3.05) is 6.54 Å². The third-order valence-corrected chi connectivity index (χ3v) is 4.15. The Kier molecular flexibility index (Phi) is 4.19. The Bertz CT molecular complexity index is 390. The van der Waals surface area contributed by atoms with E-state index in [0.29, 0.717) is 0 Å². The fourth-order valence-electron chi connectivity index (χ4n) is 2.66. The number of benzene rings is 1. The molecule has 2 nitrogen and oxygen atoms in total. The number of rotatable bonds is 8. The van der Waals surface area contributed by atoms with Gasteiger partial charge in [-0.05, 0) is 49.8 Å². The minimum atomic E-state index is 0.801. The molecule has 104 valence electrons. The third kappa shape index (κ3) is 4.05. The van der Waals surface area contributed by atoms with Gasteiger partial charge in [0.25, 0.3) is 0 Å². The lowest BCUT2D eigenvalue weighted by molar-refractivity contribution is 0.255. The van der Waals surface area contributed by atoms with Crippen LogP contribution < -0.4 is 5.32 Å². The van der Waals surface area contributed by atoms with Gasteiger partial charge in [-0.1, -0.05) is 31.2 Å². The van der Waals surface area contributed by atoms with E-state index in [9.17, 15) is 0 Å². The minimum Gasteiger partial charge on any atom is -0.310 e. The standard InChI is InChI=1S/C17H26N2/c1-2-11-19(17-9-10-17)13-15-5-3-14(4-6-15)12-18-16-7-8-16/h3-6,16-18H,2,7-13H2,1H3. The van der Waals surface area contributed by atoms with Crippen molar-refractivity contribution in [1.29, 1.82) is 0 Å². The number of nitrogens with zero attached hydrogens (tertiary/aromatic N) is 1. The molecule has 0 atom stereocenters. The van der Waals surface area contributed by atoms with Gasteiger partial charge >= 0.3 is 0 Å². The maximum absolute atomic E-state index is 3.57. The highest BCUT2D eigenvalue weighted by Crippen LogP contribution is 2.28. The lowest BCUT2D eigenvalue weighted by Gasteiger charge is -2.21. The Labute approximate surface area is 117 Å². The van der Waals surface area contributed by atoms with E-state index < -0.39 is 0 Å². The summed E-state index contributed by atoms with van der Waals surface area (Å²) >= 11 is 0. The molecular weight excluding hydrogens is 232 g/mol. The predicted octanol–water partition coefficient (Wildman–Crippen LogP) is 3.31. The highest BCUT2D eigenvalue weighted by molar-refractivity contribution is 5.22. The van der Waals surface area contributed by atoms with Crippen LogP contribution in [0.5, 0.6) is 0 Å². The van der Waals surface area contributed by atoms with Gasteiger partial charge < -0.3 is 5.32 Å². The lowest BCUT2D eigenvalue weighted by Crippen LogP contribution is -2.26. The Hall–Kier alpha value is -0.860. The van der Waals surface area contributed by atoms with Crippen LogP contribution in [0.1, 0.15) is 50.2 Å². The van der Waals surface area contributed by atoms with Crippen LogP contribution in [0.4, 0.5) is 0 Å². The monoisotopic (exact) mass is 258 g/mol. The molecule has 0 radical (unpaired) electrons. The second-order valence-corrected chi connectivity index (χ2v) is 6.17. The minimum absolute atomic E-state index is 0.801. The van der Waals surface area contributed by atoms with E-state index in [1.807, 2.05) is 0 Å². The molecule has 2 heteroatoms. The topological polar surface area (TPSA) is 15.3 Å². The summed E-state index contributed by atoms with van der Waals surface area (Å²) in [4.78, 5) is 2.65. The van der Waals surface area contributed by atoms with E-state index in [-0.39, 0.29) is 0 Å². The van der Waals surface area contributed by atoms with Crippen LogP contribution in [0, 0.1) is 0 Å². The van der Waals surface area contributed by atoms with Crippen LogP contribution >= 0.6 is 0 Å². The second kappa shape index (κ2) is 6.06. The van der Waals surface area contributed by atoms with Crippen molar-refractivity contribution >= 4 is 0 Å². The van der Waals surface area contributed by atoms with Crippen molar-refractivity contribution in [3.8, 4) is 0 Å². The highest BCUT2D eigenvalue weighted by Gasteiger charge is 2.28. The molecule has 1 aromatic carbocycles. The van der Waals surface area contributed by atoms with Gasteiger partial charge in [-0.25, -0.2) is 0 Å². The van der Waals surface area contributed by atoms with Crippen molar-refractivity contribution < 1.29 is 0 Å². The Morgan fingerprint density at radius 1 is 1.05 bits per heavy atom. The van der Waals surface area contributed by atoms with Gasteiger partial charge in [0.2, 0.25) is 0 Å². The van der Waals surface area contributed by atoms with E-state index >= 15 is 0 Å². The molecule has 1 N–H and O–H groups in total. The van der Waals surface area contributed by atoms with Gasteiger partial charge in [-0.2, -0.15) is 0 Å². The van der Waals surface area contributed by atoms with E-state index in [0.717, 1.165) is 25.2 Å². The summed E-state index contributed by atoms with van der Waals surface area (Å²) in [7, 11) is 0. The third-order valence-electron chi connectivity index (χ3n) is 4.15. The molecule has 19 heavy (non-hydrogen) atoms. The van der Waals surface area contributed by atoms with Crippen LogP contribution in [0.2, 0.25) is 0 Å². The first-order valence-electron chi connectivity index (χ1n) is 7.90. The number of hydrogen-bond donors (Lipinski definition) is 1. The van der Waals surface area contributed by atoms with Gasteiger partial charge in [0.15, 0.2) is 0 Å². The Balaban J connectivity index is 1.51. The summed E-state index contributed by atoms with van der Waals surface area (Å²) in [6.07, 6.45) is 6.81. The Morgan fingerprint density at radius 3 is 2.32 bits per heavy atom. The summed E-state index contributed by atoms with van der Waals surface area (Å²) in [5.41, 5.74) is 2.89. The van der Waals surface area contributed by atoms with Gasteiger partial charge in [0.05, 0.1) is 0 Å². The van der Waals surface area contributed by atoms with Crippen LogP contribution in [0.25, 0.3) is 0 Å². The summed E-state index contributed by atoms with van der Waals surface area (Å²) in [5.74, 6) is 0. The van der Waals surface area contributed by atoms with Gasteiger partial charge in [-0.15, -0.1) is 0 Å². The van der Waals surface area contributed by atoms with Gasteiger partial charge in [-0.3, -0.25) is 4.90 Å². The molecule has 0 unspecified atom stereocenters. The van der Waals surface area contributed by atoms with Crippen molar-refractivity contribution in [2.45, 2.75) is 64.2 Å². The quantitative estimate of drug-likeness (QED) is 0.769. The highest BCUT2D eigenvalue weighted by atomic mass is 15.2. The fourth-order valence-corrected chi connectivity index (χ4v) is 2.66.